The minimum absolute atomic E-state index is 0. The van der Waals surface area contributed by atoms with E-state index in [1.165, 1.54) is 9.36 Å². The van der Waals surface area contributed by atoms with Gasteiger partial charge in [0.25, 0.3) is 0 Å². The van der Waals surface area contributed by atoms with Crippen molar-refractivity contribution in [1.29, 1.82) is 10.8 Å². The van der Waals surface area contributed by atoms with Crippen LogP contribution in [0.2, 0.25) is 0 Å². The number of hydrogen-bond acceptors (Lipinski definition) is 14. The summed E-state index contributed by atoms with van der Waals surface area (Å²) in [5, 5.41) is 34.1. The first-order valence-electron chi connectivity index (χ1n) is 8.82. The van der Waals surface area contributed by atoms with Crippen molar-refractivity contribution in [1.82, 2.24) is 40.0 Å². The Kier molecular flexibility index (Phi) is 23.0. The van der Waals surface area contributed by atoms with E-state index >= 15 is 0 Å². The van der Waals surface area contributed by atoms with Gasteiger partial charge in [-0.2, -0.15) is 20.4 Å². The second-order valence-electron chi connectivity index (χ2n) is 5.36. The SMILES string of the molecule is CC(=N)n1cccn1.CC(=N)n1cccn1.[Ni+2].[O-][Cl+3]([O-])([O-])[O-].[O-][Cl+3]([O-])([O-])[O-].c1cn[nH]c1.c1cn[nH]c1. The van der Waals surface area contributed by atoms with Gasteiger partial charge in [0.05, 0.1) is 0 Å². The van der Waals surface area contributed by atoms with Gasteiger partial charge >= 0.3 is 16.5 Å². The van der Waals surface area contributed by atoms with E-state index in [1.54, 1.807) is 75.6 Å². The number of halogens is 2. The van der Waals surface area contributed by atoms with E-state index in [2.05, 4.69) is 30.6 Å². The number of aromatic nitrogens is 8. The zero-order chi connectivity index (χ0) is 28.0. The molecular weight excluding hydrogens is 590 g/mol. The van der Waals surface area contributed by atoms with Crippen LogP contribution < -0.4 is 37.3 Å². The van der Waals surface area contributed by atoms with Crippen LogP contribution in [0.5, 0.6) is 0 Å². The molecule has 0 radical (unpaired) electrons. The molecule has 0 saturated heterocycles. The summed E-state index contributed by atoms with van der Waals surface area (Å²) in [7, 11) is -9.89. The Balaban J connectivity index is -0.000000379. The zero-order valence-corrected chi connectivity index (χ0v) is 21.4. The summed E-state index contributed by atoms with van der Waals surface area (Å²) in [6, 6.07) is 7.25. The van der Waals surface area contributed by atoms with Crippen molar-refractivity contribution in [2.75, 3.05) is 0 Å². The summed E-state index contributed by atoms with van der Waals surface area (Å²) in [4.78, 5) is 0. The van der Waals surface area contributed by atoms with Crippen molar-refractivity contribution in [3.63, 3.8) is 0 Å². The molecule has 0 aliphatic heterocycles. The maximum absolute atomic E-state index is 8.49. The molecule has 4 rings (SSSR count). The van der Waals surface area contributed by atoms with Crippen LogP contribution in [-0.4, -0.2) is 51.6 Å². The molecule has 4 N–H and O–H groups in total. The number of hydrogen-bond donors (Lipinski definition) is 4. The number of aromatic amines is 2. The minimum atomic E-state index is -4.94. The molecule has 21 heteroatoms. The van der Waals surface area contributed by atoms with Crippen LogP contribution in [-0.2, 0) is 16.5 Å². The van der Waals surface area contributed by atoms with Gasteiger partial charge in [0.2, 0.25) is 0 Å². The topological polar surface area (TPSA) is 325 Å². The summed E-state index contributed by atoms with van der Waals surface area (Å²) >= 11 is 0. The third-order valence-electron chi connectivity index (χ3n) is 2.51. The van der Waals surface area contributed by atoms with Gasteiger partial charge in [-0.1, -0.05) is 0 Å². The molecule has 0 amide bonds. The normalized spacial score (nSPS) is 9.35. The molecule has 0 aromatic carbocycles. The number of nitrogens with zero attached hydrogens (tertiary/aromatic N) is 6. The Morgan fingerprint density at radius 3 is 1.00 bits per heavy atom. The average Bonchev–Trinajstić information content (AvgIpc) is 3.57. The predicted molar refractivity (Wildman–Crippen MR) is 99.2 cm³/mol. The van der Waals surface area contributed by atoms with E-state index in [9.17, 15) is 0 Å². The van der Waals surface area contributed by atoms with Crippen LogP contribution in [0, 0.1) is 31.3 Å². The van der Waals surface area contributed by atoms with Gasteiger partial charge in [-0.25, -0.2) is 46.6 Å². The molecule has 0 aliphatic carbocycles. The van der Waals surface area contributed by atoms with Crippen molar-refractivity contribution in [2.45, 2.75) is 13.8 Å². The van der Waals surface area contributed by atoms with E-state index in [4.69, 9.17) is 48.1 Å². The van der Waals surface area contributed by atoms with Crippen LogP contribution in [0.15, 0.2) is 73.8 Å². The molecule has 4 heterocycles. The van der Waals surface area contributed by atoms with Gasteiger partial charge in [-0.3, -0.25) is 21.0 Å². The Morgan fingerprint density at radius 2 is 0.919 bits per heavy atom. The molecule has 37 heavy (non-hydrogen) atoms. The molecule has 0 fully saturated rings. The first kappa shape index (κ1) is 38.5. The molecular formula is C16H22Cl2N10NiO8. The quantitative estimate of drug-likeness (QED) is 0.0818. The van der Waals surface area contributed by atoms with E-state index in [1.807, 2.05) is 12.1 Å². The van der Waals surface area contributed by atoms with Crippen molar-refractivity contribution >= 4 is 11.7 Å². The minimum Gasteiger partial charge on any atom is -0.287 e. The second-order valence-corrected chi connectivity index (χ2v) is 6.87. The molecule has 0 bridgehead atoms. The maximum atomic E-state index is 8.49. The fourth-order valence-corrected chi connectivity index (χ4v) is 1.36. The van der Waals surface area contributed by atoms with Crippen molar-refractivity contribution in [2.24, 2.45) is 0 Å². The largest absolute Gasteiger partial charge is 2.00 e. The first-order valence-corrected chi connectivity index (χ1v) is 11.3. The Bertz CT molecular complexity index is 865. The third-order valence-corrected chi connectivity index (χ3v) is 2.51. The van der Waals surface area contributed by atoms with E-state index < -0.39 is 20.5 Å². The van der Waals surface area contributed by atoms with Crippen LogP contribution in [0.3, 0.4) is 0 Å². The van der Waals surface area contributed by atoms with Crippen LogP contribution in [0.25, 0.3) is 0 Å². The smallest absolute Gasteiger partial charge is 0.287 e. The number of nitrogens with one attached hydrogen (secondary N) is 4. The fraction of sp³-hybridized carbons (Fsp3) is 0.125. The number of rotatable bonds is 0. The Labute approximate surface area is 224 Å². The molecule has 208 valence electrons. The van der Waals surface area contributed by atoms with Crippen LogP contribution in [0.4, 0.5) is 0 Å². The molecule has 0 aliphatic rings. The summed E-state index contributed by atoms with van der Waals surface area (Å²) in [6.45, 7) is 3.38. The molecule has 18 nitrogen and oxygen atoms in total. The second kappa shape index (κ2) is 22.2. The van der Waals surface area contributed by atoms with Gasteiger partial charge < -0.3 is 0 Å². The fourth-order valence-electron chi connectivity index (χ4n) is 1.36. The zero-order valence-electron chi connectivity index (χ0n) is 18.9. The van der Waals surface area contributed by atoms with Crippen molar-refractivity contribution in [3.05, 3.63) is 73.8 Å². The summed E-state index contributed by atoms with van der Waals surface area (Å²) in [6.07, 6.45) is 13.7. The van der Waals surface area contributed by atoms with Gasteiger partial charge in [0.1, 0.15) is 11.7 Å². The van der Waals surface area contributed by atoms with Gasteiger partial charge in [0, 0.05) is 49.6 Å². The van der Waals surface area contributed by atoms with E-state index in [0.717, 1.165) is 0 Å². The average molecular weight is 612 g/mol. The number of H-pyrrole nitrogens is 2. The molecule has 4 aromatic rings. The standard InChI is InChI=1S/2C5H7N3.2C3H4N2.2ClHO4.Ni/c2*1-5(6)8-4-2-3-7-8;2*1-2-4-5-3-1;2*2-1(3,4)5;/h2*2-4,6H,1H3;2*1-3H,(H,4,5);2*(H,2,3,4,5);/q;;;;;;+2/p-2. The monoisotopic (exact) mass is 610 g/mol. The van der Waals surface area contributed by atoms with Gasteiger partial charge in [-0.15, -0.1) is 20.5 Å². The van der Waals surface area contributed by atoms with E-state index in [-0.39, 0.29) is 16.5 Å². The van der Waals surface area contributed by atoms with Crippen molar-refractivity contribution in [3.8, 4) is 0 Å². The summed E-state index contributed by atoms with van der Waals surface area (Å²) in [5.74, 6) is 0.880. The van der Waals surface area contributed by atoms with Gasteiger partial charge in [-0.05, 0) is 38.1 Å². The maximum Gasteiger partial charge on any atom is 2.00 e. The van der Waals surface area contributed by atoms with Crippen molar-refractivity contribution < 1.29 is 74.2 Å². The summed E-state index contributed by atoms with van der Waals surface area (Å²) < 4.78 is 70.9. The van der Waals surface area contributed by atoms with Crippen LogP contribution >= 0.6 is 0 Å². The Morgan fingerprint density at radius 1 is 0.622 bits per heavy atom. The van der Waals surface area contributed by atoms with E-state index in [0.29, 0.717) is 11.7 Å². The molecule has 4 aromatic heterocycles. The van der Waals surface area contributed by atoms with Gasteiger partial charge in [0.15, 0.2) is 0 Å². The molecule has 0 unspecified atom stereocenters. The predicted octanol–water partition coefficient (Wildman–Crippen LogP) is -7.24. The third kappa shape index (κ3) is 37.6. The Hall–Kier alpha value is -3.07. The first-order chi connectivity index (χ1) is 16.6. The van der Waals surface area contributed by atoms with Crippen LogP contribution in [0.1, 0.15) is 13.8 Å². The molecule has 0 spiro atoms. The molecule has 0 saturated carbocycles. The molecule has 0 atom stereocenters. The summed E-state index contributed by atoms with van der Waals surface area (Å²) in [5.41, 5.74) is 0.